The maximum absolute atomic E-state index is 12.8. The van der Waals surface area contributed by atoms with E-state index in [4.69, 9.17) is 4.74 Å². The predicted molar refractivity (Wildman–Crippen MR) is 75.0 cm³/mol. The number of benzene rings is 1. The van der Waals surface area contributed by atoms with Crippen molar-refractivity contribution >= 4 is 5.91 Å². The van der Waals surface area contributed by atoms with Crippen molar-refractivity contribution in [3.8, 4) is 0 Å². The lowest BCUT2D eigenvalue weighted by atomic mass is 10.1. The summed E-state index contributed by atoms with van der Waals surface area (Å²) in [7, 11) is 0. The third kappa shape index (κ3) is 1.86. The molecule has 4 rings (SSSR count). The number of hydrogen-bond acceptors (Lipinski definition) is 3. The molecule has 1 amide bonds. The van der Waals surface area contributed by atoms with Crippen LogP contribution in [0.15, 0.2) is 30.3 Å². The summed E-state index contributed by atoms with van der Waals surface area (Å²) in [5, 5.41) is 3.58. The molecule has 106 valence electrons. The molecular weight excluding hydrogens is 252 g/mol. The molecule has 2 saturated heterocycles. The highest BCUT2D eigenvalue weighted by Crippen LogP contribution is 2.47. The van der Waals surface area contributed by atoms with Gasteiger partial charge in [-0.25, -0.2) is 0 Å². The highest BCUT2D eigenvalue weighted by atomic mass is 16.5. The lowest BCUT2D eigenvalue weighted by Gasteiger charge is -2.35. The van der Waals surface area contributed by atoms with E-state index in [1.54, 1.807) is 0 Å². The maximum Gasteiger partial charge on any atom is 0.244 e. The standard InChI is InChI=1S/C16H20N2O2/c19-15-16(8-9-16)17-14(12-5-2-1-3-6-12)18(15)13-7-4-10-20-11-13/h1-3,5-6,13-14,17H,4,7-11H2. The summed E-state index contributed by atoms with van der Waals surface area (Å²) in [6.45, 7) is 1.50. The Hall–Kier alpha value is -1.39. The third-order valence-corrected chi connectivity index (χ3v) is 4.73. The minimum atomic E-state index is -0.266. The molecule has 4 nitrogen and oxygen atoms in total. The number of ether oxygens (including phenoxy) is 1. The van der Waals surface area contributed by atoms with E-state index in [0.29, 0.717) is 6.61 Å². The molecule has 2 aliphatic heterocycles. The van der Waals surface area contributed by atoms with E-state index in [-0.39, 0.29) is 23.7 Å². The lowest BCUT2D eigenvalue weighted by molar-refractivity contribution is -0.136. The van der Waals surface area contributed by atoms with Crippen molar-refractivity contribution in [1.29, 1.82) is 0 Å². The number of nitrogens with zero attached hydrogens (tertiary/aromatic N) is 1. The van der Waals surface area contributed by atoms with Gasteiger partial charge in [-0.05, 0) is 31.2 Å². The molecular formula is C16H20N2O2. The van der Waals surface area contributed by atoms with E-state index < -0.39 is 0 Å². The van der Waals surface area contributed by atoms with Gasteiger partial charge >= 0.3 is 0 Å². The Morgan fingerprint density at radius 2 is 2.05 bits per heavy atom. The normalized spacial score (nSPS) is 31.8. The van der Waals surface area contributed by atoms with Gasteiger partial charge in [-0.2, -0.15) is 0 Å². The summed E-state index contributed by atoms with van der Waals surface area (Å²) in [4.78, 5) is 14.8. The number of carbonyl (C=O) groups is 1. The van der Waals surface area contributed by atoms with Crippen LogP contribution in [0.2, 0.25) is 0 Å². The third-order valence-electron chi connectivity index (χ3n) is 4.73. The van der Waals surface area contributed by atoms with Crippen molar-refractivity contribution in [2.45, 2.75) is 43.4 Å². The molecule has 2 unspecified atom stereocenters. The molecule has 20 heavy (non-hydrogen) atoms. The van der Waals surface area contributed by atoms with Crippen LogP contribution >= 0.6 is 0 Å². The Balaban J connectivity index is 1.66. The first-order valence-electron chi connectivity index (χ1n) is 7.53. The fourth-order valence-corrected chi connectivity index (χ4v) is 3.44. The largest absolute Gasteiger partial charge is 0.379 e. The van der Waals surface area contributed by atoms with Crippen LogP contribution < -0.4 is 5.32 Å². The quantitative estimate of drug-likeness (QED) is 0.893. The molecule has 2 heterocycles. The molecule has 3 aliphatic rings. The molecule has 1 saturated carbocycles. The van der Waals surface area contributed by atoms with Crippen LogP contribution in [0.25, 0.3) is 0 Å². The van der Waals surface area contributed by atoms with Crippen LogP contribution in [0.1, 0.15) is 37.4 Å². The number of amides is 1. The Morgan fingerprint density at radius 1 is 1.25 bits per heavy atom. The van der Waals surface area contributed by atoms with E-state index in [9.17, 15) is 4.79 Å². The van der Waals surface area contributed by atoms with E-state index >= 15 is 0 Å². The highest BCUT2D eigenvalue weighted by Gasteiger charge is 2.60. The Bertz CT molecular complexity index is 506. The molecule has 1 aromatic carbocycles. The molecule has 0 radical (unpaired) electrons. The first kappa shape index (κ1) is 12.4. The van der Waals surface area contributed by atoms with Gasteiger partial charge in [0.05, 0.1) is 12.6 Å². The molecule has 1 aromatic rings. The summed E-state index contributed by atoms with van der Waals surface area (Å²) in [5.74, 6) is 0.279. The van der Waals surface area contributed by atoms with Crippen molar-refractivity contribution in [3.63, 3.8) is 0 Å². The lowest BCUT2D eigenvalue weighted by Crippen LogP contribution is -2.45. The van der Waals surface area contributed by atoms with Crippen LogP contribution in [-0.4, -0.2) is 35.6 Å². The second-order valence-corrected chi connectivity index (χ2v) is 6.12. The fraction of sp³-hybridized carbons (Fsp3) is 0.562. The van der Waals surface area contributed by atoms with Crippen LogP contribution in [0, 0.1) is 0 Å². The minimum absolute atomic E-state index is 0.0119. The van der Waals surface area contributed by atoms with E-state index in [2.05, 4.69) is 22.3 Å². The van der Waals surface area contributed by atoms with Crippen LogP contribution in [0.4, 0.5) is 0 Å². The smallest absolute Gasteiger partial charge is 0.244 e. The zero-order valence-corrected chi connectivity index (χ0v) is 11.5. The summed E-state index contributed by atoms with van der Waals surface area (Å²) < 4.78 is 5.59. The summed E-state index contributed by atoms with van der Waals surface area (Å²) >= 11 is 0. The van der Waals surface area contributed by atoms with Crippen molar-refractivity contribution in [1.82, 2.24) is 10.2 Å². The number of hydrogen-bond donors (Lipinski definition) is 1. The molecule has 0 aromatic heterocycles. The highest BCUT2D eigenvalue weighted by molar-refractivity contribution is 5.92. The first-order valence-corrected chi connectivity index (χ1v) is 7.53. The first-order chi connectivity index (χ1) is 9.80. The van der Waals surface area contributed by atoms with Gasteiger partial charge in [0.1, 0.15) is 11.7 Å². The Morgan fingerprint density at radius 3 is 2.70 bits per heavy atom. The topological polar surface area (TPSA) is 41.6 Å². The second-order valence-electron chi connectivity index (χ2n) is 6.12. The molecule has 3 fully saturated rings. The van der Waals surface area contributed by atoms with Gasteiger partial charge in [-0.15, -0.1) is 0 Å². The number of carbonyl (C=O) groups excluding carboxylic acids is 1. The fourth-order valence-electron chi connectivity index (χ4n) is 3.44. The number of rotatable bonds is 2. The molecule has 2 atom stereocenters. The average molecular weight is 272 g/mol. The van der Waals surface area contributed by atoms with Crippen LogP contribution in [-0.2, 0) is 9.53 Å². The molecule has 1 spiro atoms. The van der Waals surface area contributed by atoms with E-state index in [1.165, 1.54) is 5.56 Å². The monoisotopic (exact) mass is 272 g/mol. The van der Waals surface area contributed by atoms with Crippen molar-refractivity contribution in [3.05, 3.63) is 35.9 Å². The Labute approximate surface area is 119 Å². The van der Waals surface area contributed by atoms with Crippen LogP contribution in [0.5, 0.6) is 0 Å². The van der Waals surface area contributed by atoms with Gasteiger partial charge in [-0.1, -0.05) is 30.3 Å². The van der Waals surface area contributed by atoms with Gasteiger partial charge in [0.25, 0.3) is 0 Å². The summed E-state index contributed by atoms with van der Waals surface area (Å²) in [6.07, 6.45) is 4.05. The van der Waals surface area contributed by atoms with Crippen molar-refractivity contribution in [2.24, 2.45) is 0 Å². The van der Waals surface area contributed by atoms with Crippen molar-refractivity contribution < 1.29 is 9.53 Å². The van der Waals surface area contributed by atoms with E-state index in [1.807, 2.05) is 18.2 Å². The minimum Gasteiger partial charge on any atom is -0.379 e. The predicted octanol–water partition coefficient (Wildman–Crippen LogP) is 1.83. The van der Waals surface area contributed by atoms with Crippen molar-refractivity contribution in [2.75, 3.05) is 13.2 Å². The average Bonchev–Trinajstić information content (AvgIpc) is 3.23. The summed E-state index contributed by atoms with van der Waals surface area (Å²) in [5.41, 5.74) is 0.910. The summed E-state index contributed by atoms with van der Waals surface area (Å²) in [6, 6.07) is 10.5. The molecule has 4 heteroatoms. The van der Waals surface area contributed by atoms with Gasteiger partial charge < -0.3 is 9.64 Å². The Kier molecular flexibility index (Phi) is 2.82. The maximum atomic E-state index is 12.8. The SMILES string of the molecule is O=C1N(C2CCCOC2)C(c2ccccc2)NC12CC2. The zero-order chi connectivity index (χ0) is 13.6. The van der Waals surface area contributed by atoms with Gasteiger partial charge in [0.15, 0.2) is 0 Å². The molecule has 0 bridgehead atoms. The number of nitrogens with one attached hydrogen (secondary N) is 1. The zero-order valence-electron chi connectivity index (χ0n) is 11.5. The second kappa shape index (κ2) is 4.57. The van der Waals surface area contributed by atoms with Gasteiger partial charge in [0, 0.05) is 6.61 Å². The van der Waals surface area contributed by atoms with E-state index in [0.717, 1.165) is 32.3 Å². The van der Waals surface area contributed by atoms with Gasteiger partial charge in [-0.3, -0.25) is 10.1 Å². The molecule has 1 N–H and O–H groups in total. The molecule has 1 aliphatic carbocycles. The van der Waals surface area contributed by atoms with Crippen LogP contribution in [0.3, 0.4) is 0 Å². The van der Waals surface area contributed by atoms with Gasteiger partial charge in [0.2, 0.25) is 5.91 Å².